The summed E-state index contributed by atoms with van der Waals surface area (Å²) in [7, 11) is -0.367. The molecule has 2 aliphatic rings. The highest BCUT2D eigenvalue weighted by Gasteiger charge is 2.53. The average Bonchev–Trinajstić information content (AvgIpc) is 3.83. The van der Waals surface area contributed by atoms with E-state index in [9.17, 15) is 4.79 Å². The molecule has 0 bridgehead atoms. The van der Waals surface area contributed by atoms with Crippen LogP contribution in [0.15, 0.2) is 121 Å². The Morgan fingerprint density at radius 2 is 1.52 bits per heavy atom. The third-order valence-electron chi connectivity index (χ3n) is 12.2. The van der Waals surface area contributed by atoms with Gasteiger partial charge >= 0.3 is 0 Å². The van der Waals surface area contributed by atoms with Crippen molar-refractivity contribution in [3.05, 3.63) is 149 Å². The number of pyridine rings is 1. The van der Waals surface area contributed by atoms with Crippen molar-refractivity contribution in [1.29, 1.82) is 0 Å². The van der Waals surface area contributed by atoms with Gasteiger partial charge in [0.15, 0.2) is 0 Å². The van der Waals surface area contributed by atoms with E-state index in [-0.39, 0.29) is 28.7 Å². The molecule has 3 heterocycles. The van der Waals surface area contributed by atoms with Gasteiger partial charge in [0, 0.05) is 36.4 Å². The Balaban J connectivity index is 1.39. The zero-order valence-corrected chi connectivity index (χ0v) is 39.5. The maximum atomic E-state index is 15.4. The fraction of sp³-hybridized carbons (Fsp3) is 0.385. The van der Waals surface area contributed by atoms with E-state index in [0.29, 0.717) is 25.3 Å². The van der Waals surface area contributed by atoms with Crippen LogP contribution in [0.3, 0.4) is 0 Å². The normalized spacial score (nSPS) is 19.0. The monoisotopic (exact) mass is 865 g/mol. The number of fused-ring (bicyclic) bond motifs is 1. The first-order chi connectivity index (χ1) is 29.6. The highest BCUT2D eigenvalue weighted by Crippen LogP contribution is 2.54. The molecular weight excluding hydrogens is 803 g/mol. The van der Waals surface area contributed by atoms with Gasteiger partial charge in [-0.25, -0.2) is 13.5 Å². The maximum Gasteiger partial charge on any atom is 0.267 e. The van der Waals surface area contributed by atoms with Gasteiger partial charge in [-0.1, -0.05) is 136 Å². The summed E-state index contributed by atoms with van der Waals surface area (Å²) in [4.78, 5) is 22.9. The smallest absolute Gasteiger partial charge is 0.267 e. The molecule has 1 amide bonds. The zero-order chi connectivity index (χ0) is 44.2. The Morgan fingerprint density at radius 1 is 0.887 bits per heavy atom. The number of carbonyl (C=O) groups is 1. The van der Waals surface area contributed by atoms with Gasteiger partial charge in [-0.05, 0) is 105 Å². The first-order valence-corrected chi connectivity index (χ1v) is 24.9. The quantitative estimate of drug-likeness (QED) is 0.0951. The molecule has 62 heavy (non-hydrogen) atoms. The van der Waals surface area contributed by atoms with Crippen LogP contribution in [0.1, 0.15) is 99.2 Å². The summed E-state index contributed by atoms with van der Waals surface area (Å²) in [6.45, 7) is 16.7. The second kappa shape index (κ2) is 18.9. The average molecular weight is 866 g/mol. The lowest BCUT2D eigenvalue weighted by molar-refractivity contribution is 0.0995. The van der Waals surface area contributed by atoms with Crippen molar-refractivity contribution in [3.63, 3.8) is 0 Å². The van der Waals surface area contributed by atoms with Gasteiger partial charge in [-0.3, -0.25) is 14.6 Å². The molecule has 0 aliphatic carbocycles. The van der Waals surface area contributed by atoms with Crippen molar-refractivity contribution in [1.82, 2.24) is 19.1 Å². The van der Waals surface area contributed by atoms with E-state index in [4.69, 9.17) is 15.1 Å². The minimum atomic E-state index is -2.91. The molecule has 4 aromatic carbocycles. The predicted molar refractivity (Wildman–Crippen MR) is 257 cm³/mol. The number of hydrogen-bond acceptors (Lipinski definition) is 6. The standard InChI is InChI=1S/C52H63N5O3SSi/c1-51(2,3)61(59)57-46(30-33-60-62(52(4,5)6,42-25-14-10-15-26-42)43-27-16-11-17-28-43)47-44(49(57)41-29-32-56(37-41)36-39-20-12-9-13-21-39)35-45(50(53)58)54-48(47)40-24-18-22-38(34-40)23-19-31-55(7)8/h9-18,20-22,24-28,34-35,41,46,49H,29-33,36-37H2,1-8H3,(H2,53,58)/t41-,46?,49?,61+/m0/s1. The zero-order valence-electron chi connectivity index (χ0n) is 37.7. The Bertz CT molecular complexity index is 2380. The van der Waals surface area contributed by atoms with Crippen molar-refractivity contribution >= 4 is 35.6 Å². The van der Waals surface area contributed by atoms with Crippen molar-refractivity contribution in [2.75, 3.05) is 40.3 Å². The fourth-order valence-electron chi connectivity index (χ4n) is 9.48. The van der Waals surface area contributed by atoms with Crippen LogP contribution >= 0.6 is 0 Å². The van der Waals surface area contributed by atoms with Crippen LogP contribution in [0.25, 0.3) is 11.3 Å². The first-order valence-electron chi connectivity index (χ1n) is 21.9. The number of aromatic nitrogens is 1. The molecule has 0 radical (unpaired) electrons. The second-order valence-electron chi connectivity index (χ2n) is 19.1. The number of primary amides is 1. The number of benzene rings is 4. The summed E-state index contributed by atoms with van der Waals surface area (Å²) in [5, 5.41) is 2.20. The minimum absolute atomic E-state index is 0.130. The lowest BCUT2D eigenvalue weighted by atomic mass is 9.89. The summed E-state index contributed by atoms with van der Waals surface area (Å²) in [6.07, 6.45) is 1.48. The van der Waals surface area contributed by atoms with E-state index in [2.05, 4.69) is 160 Å². The van der Waals surface area contributed by atoms with Crippen molar-refractivity contribution in [2.24, 2.45) is 11.7 Å². The van der Waals surface area contributed by atoms with E-state index in [1.807, 2.05) is 43.3 Å². The third-order valence-corrected chi connectivity index (χ3v) is 19.1. The molecule has 7 rings (SSSR count). The number of nitrogens with zero attached hydrogens (tertiary/aromatic N) is 4. The van der Waals surface area contributed by atoms with E-state index in [0.717, 1.165) is 48.3 Å². The summed E-state index contributed by atoms with van der Waals surface area (Å²) < 4.78 is 24.7. The van der Waals surface area contributed by atoms with Gasteiger partial charge in [-0.2, -0.15) is 0 Å². The van der Waals surface area contributed by atoms with E-state index in [1.165, 1.54) is 15.9 Å². The Kier molecular flexibility index (Phi) is 13.8. The number of hydrogen-bond donors (Lipinski definition) is 1. The fourth-order valence-corrected chi connectivity index (χ4v) is 15.6. The molecule has 1 aromatic heterocycles. The van der Waals surface area contributed by atoms with Crippen LogP contribution in [0.2, 0.25) is 5.04 Å². The molecule has 1 saturated heterocycles. The molecular formula is C52H63N5O3SSi. The largest absolute Gasteiger partial charge is 0.407 e. The Morgan fingerprint density at radius 3 is 2.10 bits per heavy atom. The van der Waals surface area contributed by atoms with Crippen LogP contribution in [0, 0.1) is 17.8 Å². The molecule has 1 fully saturated rings. The first kappa shape index (κ1) is 45.3. The highest BCUT2D eigenvalue weighted by molar-refractivity contribution is 7.84. The molecule has 8 nitrogen and oxygen atoms in total. The van der Waals surface area contributed by atoms with Gasteiger partial charge < -0.3 is 10.2 Å². The number of carbonyl (C=O) groups excluding carboxylic acids is 1. The molecule has 0 saturated carbocycles. The van der Waals surface area contributed by atoms with Crippen LogP contribution < -0.4 is 16.1 Å². The van der Waals surface area contributed by atoms with Crippen LogP contribution in [-0.2, 0) is 22.0 Å². The Hall–Kier alpha value is -4.73. The highest BCUT2D eigenvalue weighted by atomic mass is 32.2. The van der Waals surface area contributed by atoms with Crippen molar-refractivity contribution in [2.45, 2.75) is 82.8 Å². The van der Waals surface area contributed by atoms with E-state index < -0.39 is 30.0 Å². The van der Waals surface area contributed by atoms with Gasteiger partial charge in [-0.15, -0.1) is 0 Å². The lowest BCUT2D eigenvalue weighted by Gasteiger charge is -2.43. The maximum absolute atomic E-state index is 15.4. The Labute approximate surface area is 373 Å². The van der Waals surface area contributed by atoms with Crippen LogP contribution in [0.5, 0.6) is 0 Å². The summed E-state index contributed by atoms with van der Waals surface area (Å²) >= 11 is 0. The van der Waals surface area contributed by atoms with Crippen molar-refractivity contribution in [3.8, 4) is 23.1 Å². The van der Waals surface area contributed by atoms with E-state index >= 15 is 4.21 Å². The predicted octanol–water partition coefficient (Wildman–Crippen LogP) is 8.11. The SMILES string of the molecule is CN(C)CC#Cc1cccc(-c2nc(C(N)=O)cc3c2C(CCO[Si](c2ccccc2)(c2ccccc2)C(C)(C)C)N([S@](=O)C(C)(C)C)C3[C@H]2CCN(Cc3ccccc3)C2)c1. The number of nitrogens with two attached hydrogens (primary N) is 1. The van der Waals surface area contributed by atoms with Gasteiger partial charge in [0.1, 0.15) is 16.7 Å². The summed E-state index contributed by atoms with van der Waals surface area (Å²) in [6, 6.07) is 41.4. The van der Waals surface area contributed by atoms with Crippen LogP contribution in [0.4, 0.5) is 0 Å². The molecule has 2 N–H and O–H groups in total. The number of likely N-dealkylation sites (tertiary alicyclic amines) is 1. The van der Waals surface area contributed by atoms with Gasteiger partial charge in [0.05, 0.1) is 29.1 Å². The number of rotatable bonds is 13. The molecule has 0 spiro atoms. The van der Waals surface area contributed by atoms with E-state index in [1.54, 1.807) is 0 Å². The summed E-state index contributed by atoms with van der Waals surface area (Å²) in [5.74, 6) is 6.15. The van der Waals surface area contributed by atoms with Gasteiger partial charge in [0.2, 0.25) is 0 Å². The second-order valence-corrected chi connectivity index (χ2v) is 25.5. The number of amides is 1. The molecule has 2 unspecified atom stereocenters. The van der Waals surface area contributed by atoms with Crippen molar-refractivity contribution < 1.29 is 13.4 Å². The lowest BCUT2D eigenvalue weighted by Crippen LogP contribution is -2.66. The minimum Gasteiger partial charge on any atom is -0.407 e. The molecule has 5 aromatic rings. The molecule has 10 heteroatoms. The molecule has 324 valence electrons. The molecule has 2 aliphatic heterocycles. The molecule has 4 atom stereocenters. The summed E-state index contributed by atoms with van der Waals surface area (Å²) in [5.41, 5.74) is 12.0. The van der Waals surface area contributed by atoms with Gasteiger partial charge in [0.25, 0.3) is 14.2 Å². The van der Waals surface area contributed by atoms with Crippen LogP contribution in [-0.4, -0.2) is 82.6 Å². The topological polar surface area (TPSA) is 92.0 Å². The third kappa shape index (κ3) is 9.59.